The minimum Gasteiger partial charge on any atom is -0.340 e. The molecule has 2 N–H and O–H groups in total. The maximum absolute atomic E-state index is 12.6. The van der Waals surface area contributed by atoms with E-state index in [2.05, 4.69) is 20.1 Å². The standard InChI is InChI=1S/C17H14ClF3N6O3S/c1-10-2-3-11(18)8-14(10)31(29,30)25-12-4-6-13(7-5-12)27-24-15(23-26-27)16(28)22-9-17(19,20)21/h2-8,25H,9H2,1H3,(H,22,28). The molecule has 3 aromatic rings. The molecule has 14 heteroatoms. The van der Waals surface area contributed by atoms with Crippen molar-refractivity contribution in [1.82, 2.24) is 25.5 Å². The third-order valence-corrected chi connectivity index (χ3v) is 5.61. The molecule has 0 aliphatic rings. The molecule has 0 atom stereocenters. The molecule has 0 aliphatic heterocycles. The predicted molar refractivity (Wildman–Crippen MR) is 105 cm³/mol. The first-order valence-electron chi connectivity index (χ1n) is 8.49. The van der Waals surface area contributed by atoms with Crippen LogP contribution in [0, 0.1) is 6.92 Å². The highest BCUT2D eigenvalue weighted by atomic mass is 35.5. The Bertz CT molecular complexity index is 1210. The van der Waals surface area contributed by atoms with Crippen molar-refractivity contribution >= 4 is 33.2 Å². The number of anilines is 1. The Morgan fingerprint density at radius 3 is 2.48 bits per heavy atom. The maximum atomic E-state index is 12.6. The van der Waals surface area contributed by atoms with Crippen molar-refractivity contribution < 1.29 is 26.4 Å². The number of tetrazole rings is 1. The molecule has 0 radical (unpaired) electrons. The lowest BCUT2D eigenvalue weighted by Gasteiger charge is -2.11. The van der Waals surface area contributed by atoms with E-state index in [1.165, 1.54) is 30.3 Å². The van der Waals surface area contributed by atoms with Gasteiger partial charge in [-0.1, -0.05) is 17.7 Å². The van der Waals surface area contributed by atoms with Crippen LogP contribution in [0.25, 0.3) is 5.69 Å². The van der Waals surface area contributed by atoms with Crippen LogP contribution >= 0.6 is 11.6 Å². The molecule has 3 rings (SSSR count). The Morgan fingerprint density at radius 2 is 1.84 bits per heavy atom. The molecule has 0 aliphatic carbocycles. The second-order valence-electron chi connectivity index (χ2n) is 6.26. The Labute approximate surface area is 179 Å². The van der Waals surface area contributed by atoms with Crippen LogP contribution in [0.5, 0.6) is 0 Å². The molecule has 1 aromatic heterocycles. The number of hydrogen-bond donors (Lipinski definition) is 2. The Balaban J connectivity index is 1.73. The number of sulfonamides is 1. The fourth-order valence-corrected chi connectivity index (χ4v) is 3.98. The molecule has 0 unspecified atom stereocenters. The first kappa shape index (κ1) is 22.5. The number of nitrogens with one attached hydrogen (secondary N) is 2. The van der Waals surface area contributed by atoms with Gasteiger partial charge in [0.1, 0.15) is 6.54 Å². The van der Waals surface area contributed by atoms with Gasteiger partial charge in [0.15, 0.2) is 0 Å². The van der Waals surface area contributed by atoms with Gasteiger partial charge >= 0.3 is 6.18 Å². The van der Waals surface area contributed by atoms with Crippen LogP contribution in [0.4, 0.5) is 18.9 Å². The lowest BCUT2D eigenvalue weighted by atomic mass is 10.2. The summed E-state index contributed by atoms with van der Waals surface area (Å²) in [6.07, 6.45) is -4.57. The van der Waals surface area contributed by atoms with Gasteiger partial charge in [-0.15, -0.1) is 15.0 Å². The number of rotatable bonds is 6. The minimum atomic E-state index is -4.57. The van der Waals surface area contributed by atoms with E-state index in [0.29, 0.717) is 11.3 Å². The van der Waals surface area contributed by atoms with Crippen LogP contribution in [0.2, 0.25) is 5.02 Å². The zero-order chi connectivity index (χ0) is 22.8. The van der Waals surface area contributed by atoms with Crippen molar-refractivity contribution in [2.75, 3.05) is 11.3 Å². The highest BCUT2D eigenvalue weighted by Crippen LogP contribution is 2.23. The van der Waals surface area contributed by atoms with E-state index in [1.807, 2.05) is 0 Å². The van der Waals surface area contributed by atoms with Crippen molar-refractivity contribution in [2.45, 2.75) is 18.0 Å². The van der Waals surface area contributed by atoms with Gasteiger partial charge in [0, 0.05) is 10.7 Å². The van der Waals surface area contributed by atoms with Gasteiger partial charge in [-0.25, -0.2) is 8.42 Å². The van der Waals surface area contributed by atoms with Crippen LogP contribution in [0.15, 0.2) is 47.4 Å². The molecule has 0 spiro atoms. The summed E-state index contributed by atoms with van der Waals surface area (Å²) in [5.41, 5.74) is 1.03. The highest BCUT2D eigenvalue weighted by molar-refractivity contribution is 7.92. The summed E-state index contributed by atoms with van der Waals surface area (Å²) in [5, 5.41) is 12.6. The summed E-state index contributed by atoms with van der Waals surface area (Å²) < 4.78 is 64.2. The molecule has 0 saturated carbocycles. The number of aromatic nitrogens is 4. The van der Waals surface area contributed by atoms with Gasteiger partial charge in [-0.05, 0) is 54.1 Å². The Kier molecular flexibility index (Phi) is 6.18. The number of aryl methyl sites for hydroxylation is 1. The van der Waals surface area contributed by atoms with E-state index < -0.39 is 34.5 Å². The van der Waals surface area contributed by atoms with Crippen molar-refractivity contribution in [2.24, 2.45) is 0 Å². The number of alkyl halides is 3. The molecule has 2 aromatic carbocycles. The summed E-state index contributed by atoms with van der Waals surface area (Å²) >= 11 is 5.88. The van der Waals surface area contributed by atoms with Gasteiger partial charge < -0.3 is 5.32 Å². The second-order valence-corrected chi connectivity index (χ2v) is 8.35. The van der Waals surface area contributed by atoms with Crippen molar-refractivity contribution in [3.05, 3.63) is 58.9 Å². The molecule has 9 nitrogen and oxygen atoms in total. The fourth-order valence-electron chi connectivity index (χ4n) is 2.41. The zero-order valence-electron chi connectivity index (χ0n) is 15.7. The van der Waals surface area contributed by atoms with Gasteiger partial charge in [0.25, 0.3) is 21.8 Å². The molecule has 164 valence electrons. The second kappa shape index (κ2) is 8.51. The number of carbonyl (C=O) groups excluding carboxylic acids is 1. The molecule has 1 amide bonds. The van der Waals surface area contributed by atoms with Crippen molar-refractivity contribution in [1.29, 1.82) is 0 Å². The average molecular weight is 475 g/mol. The number of nitrogens with zero attached hydrogens (tertiary/aromatic N) is 4. The third-order valence-electron chi connectivity index (χ3n) is 3.86. The Morgan fingerprint density at radius 1 is 1.16 bits per heavy atom. The maximum Gasteiger partial charge on any atom is 0.405 e. The van der Waals surface area contributed by atoms with E-state index in [4.69, 9.17) is 11.6 Å². The van der Waals surface area contributed by atoms with Gasteiger partial charge in [0.05, 0.1) is 10.6 Å². The minimum absolute atomic E-state index is 0.0246. The third kappa shape index (κ3) is 5.70. The van der Waals surface area contributed by atoms with Crippen LogP contribution in [0.1, 0.15) is 16.2 Å². The van der Waals surface area contributed by atoms with E-state index in [9.17, 15) is 26.4 Å². The normalized spacial score (nSPS) is 11.9. The van der Waals surface area contributed by atoms with E-state index in [-0.39, 0.29) is 15.6 Å². The quantitative estimate of drug-likeness (QED) is 0.567. The Hall–Kier alpha value is -3.19. The van der Waals surface area contributed by atoms with Crippen LogP contribution < -0.4 is 10.0 Å². The largest absolute Gasteiger partial charge is 0.405 e. The number of carbonyl (C=O) groups is 1. The molecule has 0 saturated heterocycles. The van der Waals surface area contributed by atoms with Crippen molar-refractivity contribution in [3.63, 3.8) is 0 Å². The molecule has 1 heterocycles. The number of amides is 1. The summed E-state index contributed by atoms with van der Waals surface area (Å²) in [6.45, 7) is 0.105. The van der Waals surface area contributed by atoms with Gasteiger partial charge in [0.2, 0.25) is 0 Å². The molecule has 0 bridgehead atoms. The fraction of sp³-hybridized carbons (Fsp3) is 0.176. The molecule has 31 heavy (non-hydrogen) atoms. The average Bonchev–Trinajstić information content (AvgIpc) is 3.18. The topological polar surface area (TPSA) is 119 Å². The molecular weight excluding hydrogens is 461 g/mol. The monoisotopic (exact) mass is 474 g/mol. The van der Waals surface area contributed by atoms with E-state index in [1.54, 1.807) is 24.4 Å². The van der Waals surface area contributed by atoms with E-state index >= 15 is 0 Å². The zero-order valence-corrected chi connectivity index (χ0v) is 17.3. The van der Waals surface area contributed by atoms with E-state index in [0.717, 1.165) is 4.80 Å². The number of benzene rings is 2. The number of hydrogen-bond acceptors (Lipinski definition) is 6. The van der Waals surface area contributed by atoms with Gasteiger partial charge in [-0.3, -0.25) is 9.52 Å². The summed E-state index contributed by atoms with van der Waals surface area (Å²) in [4.78, 5) is 12.6. The highest BCUT2D eigenvalue weighted by Gasteiger charge is 2.29. The molecule has 0 fully saturated rings. The van der Waals surface area contributed by atoms with Crippen LogP contribution in [0.3, 0.4) is 0 Å². The summed E-state index contributed by atoms with van der Waals surface area (Å²) in [7, 11) is -3.90. The van der Waals surface area contributed by atoms with Crippen molar-refractivity contribution in [3.8, 4) is 5.69 Å². The SMILES string of the molecule is Cc1ccc(Cl)cc1S(=O)(=O)Nc1ccc(-n2nnc(C(=O)NCC(F)(F)F)n2)cc1. The lowest BCUT2D eigenvalue weighted by molar-refractivity contribution is -0.123. The summed E-state index contributed by atoms with van der Waals surface area (Å²) in [6, 6.07) is 10.2. The molecular formula is C17H14ClF3N6O3S. The lowest BCUT2D eigenvalue weighted by Crippen LogP contribution is -2.34. The summed E-state index contributed by atoms with van der Waals surface area (Å²) in [5.74, 6) is -1.68. The van der Waals surface area contributed by atoms with Crippen LogP contribution in [-0.2, 0) is 10.0 Å². The predicted octanol–water partition coefficient (Wildman–Crippen LogP) is 2.72. The first-order valence-corrected chi connectivity index (χ1v) is 10.4. The van der Waals surface area contributed by atoms with Crippen LogP contribution in [-0.4, -0.2) is 47.3 Å². The smallest absolute Gasteiger partial charge is 0.340 e. The number of halogens is 4. The first-order chi connectivity index (χ1) is 14.4. The van der Waals surface area contributed by atoms with Gasteiger partial charge in [-0.2, -0.15) is 13.2 Å².